The summed E-state index contributed by atoms with van der Waals surface area (Å²) in [5.74, 6) is 0. The minimum Gasteiger partial charge on any atom is -0.338 e. The maximum absolute atomic E-state index is 11.2. The predicted octanol–water partition coefficient (Wildman–Crippen LogP) is 2.72. The molecule has 0 unspecified atom stereocenters. The second-order valence-corrected chi connectivity index (χ2v) is 3.72. The highest BCUT2D eigenvalue weighted by Crippen LogP contribution is 2.10. The molecule has 0 aliphatic rings. The van der Waals surface area contributed by atoms with Gasteiger partial charge in [0, 0.05) is 17.8 Å². The molecule has 16 heavy (non-hydrogen) atoms. The van der Waals surface area contributed by atoms with Gasteiger partial charge in [-0.15, -0.1) is 0 Å². The molecule has 1 rings (SSSR count). The standard InChI is InChI=1S/C12H15ClN2O/c1-2-7-14-12(16)15-8-6-10-4-3-5-11(13)9-10/h2-5,7,9H,6,8H2,1H3,(H2,14,15,16)/b7-2+. The van der Waals surface area contributed by atoms with Gasteiger partial charge in [0.2, 0.25) is 0 Å². The van der Waals surface area contributed by atoms with E-state index in [4.69, 9.17) is 11.6 Å². The van der Waals surface area contributed by atoms with Gasteiger partial charge in [0.05, 0.1) is 0 Å². The Hall–Kier alpha value is -1.48. The fourth-order valence-electron chi connectivity index (χ4n) is 1.22. The Morgan fingerprint density at radius 1 is 1.50 bits per heavy atom. The van der Waals surface area contributed by atoms with Crippen LogP contribution in [0.3, 0.4) is 0 Å². The van der Waals surface area contributed by atoms with Gasteiger partial charge in [-0.1, -0.05) is 29.8 Å². The van der Waals surface area contributed by atoms with Crippen LogP contribution in [0.4, 0.5) is 4.79 Å². The van der Waals surface area contributed by atoms with E-state index in [2.05, 4.69) is 10.6 Å². The van der Waals surface area contributed by atoms with Crippen LogP contribution in [0.15, 0.2) is 36.5 Å². The zero-order valence-electron chi connectivity index (χ0n) is 9.16. The number of hydrogen-bond acceptors (Lipinski definition) is 1. The molecule has 0 saturated heterocycles. The fraction of sp³-hybridized carbons (Fsp3) is 0.250. The molecule has 0 fully saturated rings. The van der Waals surface area contributed by atoms with E-state index in [0.717, 1.165) is 17.0 Å². The molecular formula is C12H15ClN2O. The van der Waals surface area contributed by atoms with Crippen LogP contribution in [-0.2, 0) is 6.42 Å². The zero-order chi connectivity index (χ0) is 11.8. The maximum Gasteiger partial charge on any atom is 0.318 e. The van der Waals surface area contributed by atoms with Gasteiger partial charge in [-0.05, 0) is 31.0 Å². The van der Waals surface area contributed by atoms with Gasteiger partial charge in [0.15, 0.2) is 0 Å². The number of hydrogen-bond donors (Lipinski definition) is 2. The van der Waals surface area contributed by atoms with Crippen LogP contribution in [0, 0.1) is 0 Å². The number of amides is 2. The lowest BCUT2D eigenvalue weighted by molar-refractivity contribution is 0.244. The molecule has 0 atom stereocenters. The van der Waals surface area contributed by atoms with Crippen molar-refractivity contribution in [2.75, 3.05) is 6.54 Å². The van der Waals surface area contributed by atoms with Crippen LogP contribution >= 0.6 is 11.6 Å². The van der Waals surface area contributed by atoms with E-state index < -0.39 is 0 Å². The van der Waals surface area contributed by atoms with Crippen molar-refractivity contribution < 1.29 is 4.79 Å². The van der Waals surface area contributed by atoms with E-state index >= 15 is 0 Å². The number of allylic oxidation sites excluding steroid dienone is 1. The van der Waals surface area contributed by atoms with Crippen molar-refractivity contribution in [1.82, 2.24) is 10.6 Å². The molecule has 86 valence electrons. The summed E-state index contributed by atoms with van der Waals surface area (Å²) >= 11 is 5.85. The predicted molar refractivity (Wildman–Crippen MR) is 66.5 cm³/mol. The third-order valence-electron chi connectivity index (χ3n) is 1.97. The smallest absolute Gasteiger partial charge is 0.318 e. The highest BCUT2D eigenvalue weighted by atomic mass is 35.5. The number of urea groups is 1. The van der Waals surface area contributed by atoms with Gasteiger partial charge in [-0.3, -0.25) is 0 Å². The summed E-state index contributed by atoms with van der Waals surface area (Å²) in [7, 11) is 0. The lowest BCUT2D eigenvalue weighted by Gasteiger charge is -2.04. The maximum atomic E-state index is 11.2. The van der Waals surface area contributed by atoms with E-state index in [0.29, 0.717) is 6.54 Å². The summed E-state index contributed by atoms with van der Waals surface area (Å²) in [4.78, 5) is 11.2. The largest absolute Gasteiger partial charge is 0.338 e. The van der Waals surface area contributed by atoms with Crippen LogP contribution in [0.2, 0.25) is 5.02 Å². The molecule has 0 aromatic heterocycles. The molecule has 0 aliphatic carbocycles. The van der Waals surface area contributed by atoms with Crippen LogP contribution in [-0.4, -0.2) is 12.6 Å². The Labute approximate surface area is 100 Å². The van der Waals surface area contributed by atoms with Crippen molar-refractivity contribution in [3.63, 3.8) is 0 Å². The third kappa shape index (κ3) is 4.84. The van der Waals surface area contributed by atoms with E-state index in [1.165, 1.54) is 0 Å². The summed E-state index contributed by atoms with van der Waals surface area (Å²) in [5, 5.41) is 6.03. The van der Waals surface area contributed by atoms with Gasteiger partial charge in [-0.2, -0.15) is 0 Å². The summed E-state index contributed by atoms with van der Waals surface area (Å²) in [5.41, 5.74) is 1.11. The Balaban J connectivity index is 2.28. The summed E-state index contributed by atoms with van der Waals surface area (Å²) < 4.78 is 0. The topological polar surface area (TPSA) is 41.1 Å². The van der Waals surface area contributed by atoms with E-state index in [9.17, 15) is 4.79 Å². The van der Waals surface area contributed by atoms with Gasteiger partial charge in [0.1, 0.15) is 0 Å². The van der Waals surface area contributed by atoms with E-state index in [1.807, 2.05) is 31.2 Å². The molecule has 0 heterocycles. The van der Waals surface area contributed by atoms with Crippen LogP contribution in [0.1, 0.15) is 12.5 Å². The summed E-state index contributed by atoms with van der Waals surface area (Å²) in [6.45, 7) is 2.43. The van der Waals surface area contributed by atoms with Gasteiger partial charge >= 0.3 is 6.03 Å². The monoisotopic (exact) mass is 238 g/mol. The average Bonchev–Trinajstić information content (AvgIpc) is 2.26. The summed E-state index contributed by atoms with van der Waals surface area (Å²) in [6.07, 6.45) is 4.12. The summed E-state index contributed by atoms with van der Waals surface area (Å²) in [6, 6.07) is 7.42. The van der Waals surface area contributed by atoms with Crippen LogP contribution < -0.4 is 10.6 Å². The van der Waals surface area contributed by atoms with Crippen molar-refractivity contribution in [3.05, 3.63) is 47.1 Å². The molecule has 3 nitrogen and oxygen atoms in total. The molecule has 0 spiro atoms. The molecule has 0 saturated carbocycles. The van der Waals surface area contributed by atoms with E-state index in [-0.39, 0.29) is 6.03 Å². The second kappa shape index (κ2) is 6.90. The first-order valence-electron chi connectivity index (χ1n) is 5.12. The number of benzene rings is 1. The first-order chi connectivity index (χ1) is 7.72. The van der Waals surface area contributed by atoms with Crippen LogP contribution in [0.5, 0.6) is 0 Å². The molecular weight excluding hydrogens is 224 g/mol. The molecule has 0 aliphatic heterocycles. The van der Waals surface area contributed by atoms with Crippen molar-refractivity contribution in [3.8, 4) is 0 Å². The molecule has 0 radical (unpaired) electrons. The Morgan fingerprint density at radius 2 is 2.31 bits per heavy atom. The molecule has 2 amide bonds. The molecule has 4 heteroatoms. The lowest BCUT2D eigenvalue weighted by atomic mass is 10.1. The average molecular weight is 239 g/mol. The normalized spacial score (nSPS) is 10.4. The quantitative estimate of drug-likeness (QED) is 0.832. The van der Waals surface area contributed by atoms with Crippen molar-refractivity contribution in [2.24, 2.45) is 0 Å². The Bertz CT molecular complexity index is 377. The highest BCUT2D eigenvalue weighted by molar-refractivity contribution is 6.30. The van der Waals surface area contributed by atoms with E-state index in [1.54, 1.807) is 12.3 Å². The minimum absolute atomic E-state index is 0.194. The fourth-order valence-corrected chi connectivity index (χ4v) is 1.44. The van der Waals surface area contributed by atoms with Crippen molar-refractivity contribution in [2.45, 2.75) is 13.3 Å². The lowest BCUT2D eigenvalue weighted by Crippen LogP contribution is -2.33. The highest BCUT2D eigenvalue weighted by Gasteiger charge is 1.97. The van der Waals surface area contributed by atoms with Gasteiger partial charge in [-0.25, -0.2) is 4.79 Å². The zero-order valence-corrected chi connectivity index (χ0v) is 9.92. The molecule has 1 aromatic rings. The molecule has 1 aromatic carbocycles. The Morgan fingerprint density at radius 3 is 3.00 bits per heavy atom. The minimum atomic E-state index is -0.194. The first-order valence-corrected chi connectivity index (χ1v) is 5.50. The number of carbonyl (C=O) groups excluding carboxylic acids is 1. The van der Waals surface area contributed by atoms with Crippen molar-refractivity contribution >= 4 is 17.6 Å². The molecule has 0 bridgehead atoms. The van der Waals surface area contributed by atoms with Crippen LogP contribution in [0.25, 0.3) is 0 Å². The Kier molecular flexibility index (Phi) is 5.43. The first kappa shape index (κ1) is 12.6. The third-order valence-corrected chi connectivity index (χ3v) is 2.20. The van der Waals surface area contributed by atoms with Gasteiger partial charge in [0.25, 0.3) is 0 Å². The number of carbonyl (C=O) groups is 1. The second-order valence-electron chi connectivity index (χ2n) is 3.28. The number of halogens is 1. The van der Waals surface area contributed by atoms with Gasteiger partial charge < -0.3 is 10.6 Å². The SMILES string of the molecule is C/C=C/NC(=O)NCCc1cccc(Cl)c1. The number of nitrogens with one attached hydrogen (secondary N) is 2. The number of rotatable bonds is 4. The molecule has 2 N–H and O–H groups in total. The van der Waals surface area contributed by atoms with Crippen molar-refractivity contribution in [1.29, 1.82) is 0 Å².